The molecule has 0 amide bonds. The average Bonchev–Trinajstić information content (AvgIpc) is 2.91. The molecule has 4 nitrogen and oxygen atoms in total. The van der Waals surface area contributed by atoms with Gasteiger partial charge in [0.1, 0.15) is 12.1 Å². The fourth-order valence-electron chi connectivity index (χ4n) is 2.93. The van der Waals surface area contributed by atoms with Crippen molar-refractivity contribution in [3.8, 4) is 5.82 Å². The monoisotopic (exact) mass is 270 g/mol. The molecule has 0 aromatic carbocycles. The van der Waals surface area contributed by atoms with Gasteiger partial charge in [-0.3, -0.25) is 4.57 Å². The van der Waals surface area contributed by atoms with Crippen molar-refractivity contribution in [3.63, 3.8) is 0 Å². The second-order valence-corrected chi connectivity index (χ2v) is 5.44. The summed E-state index contributed by atoms with van der Waals surface area (Å²) in [7, 11) is 0. The van der Waals surface area contributed by atoms with E-state index in [4.69, 9.17) is 0 Å². The number of nitrogens with zero attached hydrogens (tertiary/aromatic N) is 3. The SMILES string of the molecule is CCNC(C)c1ccnc(-n2cnc3c2CCCC3)c1. The predicted octanol–water partition coefficient (Wildman–Crippen LogP) is 2.82. The second kappa shape index (κ2) is 5.75. The van der Waals surface area contributed by atoms with Crippen LogP contribution in [0.2, 0.25) is 0 Å². The second-order valence-electron chi connectivity index (χ2n) is 5.44. The van der Waals surface area contributed by atoms with Crippen molar-refractivity contribution in [3.05, 3.63) is 41.6 Å². The maximum absolute atomic E-state index is 4.55. The molecule has 1 aliphatic carbocycles. The molecular formula is C16H22N4. The molecule has 1 N–H and O–H groups in total. The van der Waals surface area contributed by atoms with Gasteiger partial charge in [-0.25, -0.2) is 9.97 Å². The van der Waals surface area contributed by atoms with E-state index in [-0.39, 0.29) is 0 Å². The van der Waals surface area contributed by atoms with E-state index in [1.165, 1.54) is 29.8 Å². The summed E-state index contributed by atoms with van der Waals surface area (Å²) in [6, 6.07) is 4.60. The molecule has 1 atom stereocenters. The molecule has 0 bridgehead atoms. The van der Waals surface area contributed by atoms with Gasteiger partial charge in [0.25, 0.3) is 0 Å². The van der Waals surface area contributed by atoms with Gasteiger partial charge in [0.15, 0.2) is 0 Å². The summed E-state index contributed by atoms with van der Waals surface area (Å²) < 4.78 is 2.16. The van der Waals surface area contributed by atoms with Crippen LogP contribution < -0.4 is 5.32 Å². The summed E-state index contributed by atoms with van der Waals surface area (Å²) in [5.41, 5.74) is 3.87. The molecule has 2 heterocycles. The van der Waals surface area contributed by atoms with E-state index in [1.807, 2.05) is 12.5 Å². The molecule has 0 spiro atoms. The third kappa shape index (κ3) is 2.48. The summed E-state index contributed by atoms with van der Waals surface area (Å²) in [5.74, 6) is 0.989. The molecule has 4 heteroatoms. The number of hydrogen-bond acceptors (Lipinski definition) is 3. The van der Waals surface area contributed by atoms with Crippen LogP contribution in [0.3, 0.4) is 0 Å². The van der Waals surface area contributed by atoms with Gasteiger partial charge < -0.3 is 5.32 Å². The first kappa shape index (κ1) is 13.3. The summed E-state index contributed by atoms with van der Waals surface area (Å²) in [4.78, 5) is 9.08. The Morgan fingerprint density at radius 1 is 1.30 bits per heavy atom. The van der Waals surface area contributed by atoms with Crippen LogP contribution in [0.25, 0.3) is 5.82 Å². The molecule has 0 aliphatic heterocycles. The first-order valence-corrected chi connectivity index (χ1v) is 7.54. The highest BCUT2D eigenvalue weighted by atomic mass is 15.1. The zero-order chi connectivity index (χ0) is 13.9. The Labute approximate surface area is 120 Å². The van der Waals surface area contributed by atoms with Crippen molar-refractivity contribution in [1.82, 2.24) is 19.9 Å². The Morgan fingerprint density at radius 3 is 3.00 bits per heavy atom. The minimum absolute atomic E-state index is 0.348. The third-order valence-electron chi connectivity index (χ3n) is 4.06. The fourth-order valence-corrected chi connectivity index (χ4v) is 2.93. The van der Waals surface area contributed by atoms with E-state index < -0.39 is 0 Å². The topological polar surface area (TPSA) is 42.7 Å². The Hall–Kier alpha value is -1.68. The molecule has 3 rings (SSSR count). The summed E-state index contributed by atoms with van der Waals surface area (Å²) in [6.07, 6.45) is 8.56. The zero-order valence-electron chi connectivity index (χ0n) is 12.3. The van der Waals surface area contributed by atoms with E-state index >= 15 is 0 Å². The number of pyridine rings is 1. The number of rotatable bonds is 4. The van der Waals surface area contributed by atoms with Crippen molar-refractivity contribution >= 4 is 0 Å². The number of aryl methyl sites for hydroxylation is 1. The van der Waals surface area contributed by atoms with E-state index in [1.54, 1.807) is 0 Å². The maximum atomic E-state index is 4.55. The average molecular weight is 270 g/mol. The van der Waals surface area contributed by atoms with Crippen molar-refractivity contribution in [2.45, 2.75) is 45.6 Å². The lowest BCUT2D eigenvalue weighted by Crippen LogP contribution is -2.18. The minimum Gasteiger partial charge on any atom is -0.310 e. The van der Waals surface area contributed by atoms with Crippen LogP contribution in [0.5, 0.6) is 0 Å². The van der Waals surface area contributed by atoms with Crippen LogP contribution in [0.1, 0.15) is 49.7 Å². The highest BCUT2D eigenvalue weighted by molar-refractivity contribution is 5.34. The molecule has 20 heavy (non-hydrogen) atoms. The van der Waals surface area contributed by atoms with Gasteiger partial charge in [0, 0.05) is 17.9 Å². The van der Waals surface area contributed by atoms with Crippen LogP contribution in [-0.4, -0.2) is 21.1 Å². The highest BCUT2D eigenvalue weighted by Gasteiger charge is 2.17. The Kier molecular flexibility index (Phi) is 3.83. The van der Waals surface area contributed by atoms with Gasteiger partial charge in [0.05, 0.1) is 5.69 Å². The molecule has 1 aliphatic rings. The van der Waals surface area contributed by atoms with E-state index in [2.05, 4.69) is 45.8 Å². The summed E-state index contributed by atoms with van der Waals surface area (Å²) in [6.45, 7) is 5.29. The molecule has 0 saturated carbocycles. The third-order valence-corrected chi connectivity index (χ3v) is 4.06. The predicted molar refractivity (Wildman–Crippen MR) is 80.1 cm³/mol. The lowest BCUT2D eigenvalue weighted by Gasteiger charge is -2.16. The number of fused-ring (bicyclic) bond motifs is 1. The Morgan fingerprint density at radius 2 is 2.15 bits per heavy atom. The molecule has 106 valence electrons. The van der Waals surface area contributed by atoms with Crippen LogP contribution in [0.4, 0.5) is 0 Å². The normalized spacial score (nSPS) is 15.9. The Balaban J connectivity index is 1.94. The molecule has 0 radical (unpaired) electrons. The first-order chi connectivity index (χ1) is 9.79. The van der Waals surface area contributed by atoms with Gasteiger partial charge in [-0.15, -0.1) is 0 Å². The largest absolute Gasteiger partial charge is 0.310 e. The van der Waals surface area contributed by atoms with Crippen LogP contribution in [0.15, 0.2) is 24.7 Å². The first-order valence-electron chi connectivity index (χ1n) is 7.54. The minimum atomic E-state index is 0.348. The van der Waals surface area contributed by atoms with Crippen molar-refractivity contribution in [2.24, 2.45) is 0 Å². The number of hydrogen-bond donors (Lipinski definition) is 1. The molecule has 2 aromatic heterocycles. The van der Waals surface area contributed by atoms with Gasteiger partial charge in [0.2, 0.25) is 0 Å². The highest BCUT2D eigenvalue weighted by Crippen LogP contribution is 2.23. The van der Waals surface area contributed by atoms with Gasteiger partial charge >= 0.3 is 0 Å². The standard InChI is InChI=1S/C16H22N4/c1-3-17-12(2)13-8-9-18-16(10-13)20-11-19-14-6-4-5-7-15(14)20/h8-12,17H,3-7H2,1-2H3. The number of aromatic nitrogens is 3. The quantitative estimate of drug-likeness (QED) is 0.929. The molecule has 0 fully saturated rings. The van der Waals surface area contributed by atoms with Gasteiger partial charge in [-0.05, 0) is 56.8 Å². The van der Waals surface area contributed by atoms with E-state index in [0.717, 1.165) is 25.2 Å². The van der Waals surface area contributed by atoms with Crippen LogP contribution in [0, 0.1) is 0 Å². The lowest BCUT2D eigenvalue weighted by atomic mass is 10.0. The number of imidazole rings is 1. The number of nitrogens with one attached hydrogen (secondary N) is 1. The van der Waals surface area contributed by atoms with E-state index in [0.29, 0.717) is 6.04 Å². The van der Waals surface area contributed by atoms with Crippen molar-refractivity contribution in [1.29, 1.82) is 0 Å². The lowest BCUT2D eigenvalue weighted by molar-refractivity contribution is 0.596. The summed E-state index contributed by atoms with van der Waals surface area (Å²) >= 11 is 0. The van der Waals surface area contributed by atoms with Crippen molar-refractivity contribution in [2.75, 3.05) is 6.54 Å². The fraction of sp³-hybridized carbons (Fsp3) is 0.500. The van der Waals surface area contributed by atoms with Crippen LogP contribution >= 0.6 is 0 Å². The van der Waals surface area contributed by atoms with Gasteiger partial charge in [-0.2, -0.15) is 0 Å². The van der Waals surface area contributed by atoms with Gasteiger partial charge in [-0.1, -0.05) is 6.92 Å². The van der Waals surface area contributed by atoms with Crippen molar-refractivity contribution < 1.29 is 0 Å². The maximum Gasteiger partial charge on any atom is 0.138 e. The molecule has 2 aromatic rings. The van der Waals surface area contributed by atoms with Crippen LogP contribution in [-0.2, 0) is 12.8 Å². The molecule has 1 unspecified atom stereocenters. The van der Waals surface area contributed by atoms with E-state index in [9.17, 15) is 0 Å². The smallest absolute Gasteiger partial charge is 0.138 e. The molecule has 0 saturated heterocycles. The Bertz CT molecular complexity index is 588. The zero-order valence-corrected chi connectivity index (χ0v) is 12.3. The molecular weight excluding hydrogens is 248 g/mol. The summed E-state index contributed by atoms with van der Waals surface area (Å²) in [5, 5.41) is 3.44.